The summed E-state index contributed by atoms with van der Waals surface area (Å²) in [4.78, 5) is 16.9. The highest BCUT2D eigenvalue weighted by atomic mass is 35.5. The first-order chi connectivity index (χ1) is 23.6. The number of benzene rings is 2. The lowest BCUT2D eigenvalue weighted by atomic mass is 9.84. The number of rotatable bonds is 21. The van der Waals surface area contributed by atoms with E-state index in [9.17, 15) is 25.2 Å². The minimum absolute atomic E-state index is 0.0125. The Balaban J connectivity index is 1.09. The molecule has 1 unspecified atom stereocenters. The van der Waals surface area contributed by atoms with Crippen molar-refractivity contribution in [1.29, 1.82) is 0 Å². The van der Waals surface area contributed by atoms with Crippen molar-refractivity contribution in [3.05, 3.63) is 82.6 Å². The van der Waals surface area contributed by atoms with Crippen LogP contribution in [0.25, 0.3) is 11.1 Å². The number of hydrogen-bond donors (Lipinski definition) is 5. The number of aliphatic hydroxyl groups excluding tert-OH is 5. The zero-order chi connectivity index (χ0) is 35.0. The minimum Gasteiger partial charge on any atom is -0.490 e. The van der Waals surface area contributed by atoms with Crippen molar-refractivity contribution < 1.29 is 35.1 Å². The van der Waals surface area contributed by atoms with Crippen molar-refractivity contribution in [2.45, 2.75) is 132 Å². The number of ether oxygens (including phenoxy) is 1. The Morgan fingerprint density at radius 3 is 2.43 bits per heavy atom. The summed E-state index contributed by atoms with van der Waals surface area (Å²) in [6.07, 6.45) is 8.54. The van der Waals surface area contributed by atoms with Gasteiger partial charge in [0.25, 0.3) is 0 Å². The average molecular weight is 694 g/mol. The number of Topliss-reactive ketones (excluding diaryl/α,β-unsaturated/α-hetero) is 1. The molecule has 0 radical (unpaired) electrons. The number of carbonyl (C=O) groups is 1. The van der Waals surface area contributed by atoms with E-state index < -0.39 is 31.0 Å². The fraction of sp³-hybridized carbons (Fsp3) is 0.550. The third kappa shape index (κ3) is 10.1. The Labute approximate surface area is 295 Å². The number of pyridine rings is 1. The summed E-state index contributed by atoms with van der Waals surface area (Å²) in [5, 5.41) is 48.9. The first-order valence-electron chi connectivity index (χ1n) is 18.0. The quantitative estimate of drug-likeness (QED) is 0.0803. The molecule has 2 aromatic carbocycles. The van der Waals surface area contributed by atoms with Gasteiger partial charge in [0.1, 0.15) is 29.8 Å². The van der Waals surface area contributed by atoms with Gasteiger partial charge < -0.3 is 30.3 Å². The van der Waals surface area contributed by atoms with Crippen molar-refractivity contribution >= 4 is 17.4 Å². The van der Waals surface area contributed by atoms with Gasteiger partial charge in [0.2, 0.25) is 0 Å². The number of ketones is 1. The lowest BCUT2D eigenvalue weighted by Gasteiger charge is -2.25. The lowest BCUT2D eigenvalue weighted by Crippen LogP contribution is -2.45. The first-order valence-corrected chi connectivity index (χ1v) is 18.3. The van der Waals surface area contributed by atoms with Crippen LogP contribution in [-0.4, -0.2) is 73.4 Å². The summed E-state index contributed by atoms with van der Waals surface area (Å²) in [6.45, 7) is 1.50. The first kappa shape index (κ1) is 37.4. The second-order valence-electron chi connectivity index (χ2n) is 14.2. The Morgan fingerprint density at radius 1 is 0.939 bits per heavy atom. The average Bonchev–Trinajstić information content (AvgIpc) is 4.07. The maximum atomic E-state index is 12.3. The van der Waals surface area contributed by atoms with Gasteiger partial charge in [-0.25, -0.2) is 0 Å². The molecular weight excluding hydrogens is 642 g/mol. The molecular formula is C40H52ClNO7. The van der Waals surface area contributed by atoms with Gasteiger partial charge in [0.15, 0.2) is 0 Å². The number of para-hydroxylation sites is 1. The van der Waals surface area contributed by atoms with E-state index in [0.29, 0.717) is 18.4 Å². The molecule has 2 aliphatic carbocycles. The van der Waals surface area contributed by atoms with Gasteiger partial charge in [0.05, 0.1) is 18.8 Å². The maximum Gasteiger partial charge on any atom is 0.133 e. The molecule has 5 N–H and O–H groups in total. The van der Waals surface area contributed by atoms with Gasteiger partial charge in [-0.2, -0.15) is 0 Å². The van der Waals surface area contributed by atoms with Crippen LogP contribution in [0.4, 0.5) is 0 Å². The normalized spacial score (nSPS) is 18.3. The molecule has 1 heterocycles. The molecule has 0 amide bonds. The van der Waals surface area contributed by atoms with Crippen molar-refractivity contribution in [2.24, 2.45) is 0 Å². The highest BCUT2D eigenvalue weighted by molar-refractivity contribution is 6.31. The highest BCUT2D eigenvalue weighted by Crippen LogP contribution is 2.55. The summed E-state index contributed by atoms with van der Waals surface area (Å²) < 4.78 is 6.28. The number of aromatic nitrogens is 1. The smallest absolute Gasteiger partial charge is 0.133 e. The molecule has 0 spiro atoms. The molecule has 0 bridgehead atoms. The van der Waals surface area contributed by atoms with Crippen molar-refractivity contribution in [3.63, 3.8) is 0 Å². The molecule has 5 rings (SSSR count). The number of unbranched alkanes of at least 4 members (excludes halogenated alkanes) is 2. The number of aliphatic hydroxyl groups is 5. The molecule has 0 saturated heterocycles. The van der Waals surface area contributed by atoms with E-state index in [4.69, 9.17) is 21.4 Å². The van der Waals surface area contributed by atoms with Crippen molar-refractivity contribution in [3.8, 4) is 16.9 Å². The van der Waals surface area contributed by atoms with E-state index in [0.717, 1.165) is 80.5 Å². The fourth-order valence-electron chi connectivity index (χ4n) is 6.76. The van der Waals surface area contributed by atoms with Gasteiger partial charge in [-0.15, -0.1) is 0 Å². The molecule has 8 nitrogen and oxygen atoms in total. The Morgan fingerprint density at radius 2 is 1.69 bits per heavy atom. The van der Waals surface area contributed by atoms with Crippen LogP contribution in [-0.2, 0) is 16.6 Å². The topological polar surface area (TPSA) is 140 Å². The molecule has 5 atom stereocenters. The summed E-state index contributed by atoms with van der Waals surface area (Å²) in [5.41, 5.74) is 6.19. The van der Waals surface area contributed by atoms with Gasteiger partial charge >= 0.3 is 0 Å². The summed E-state index contributed by atoms with van der Waals surface area (Å²) in [7, 11) is 0. The molecule has 2 aliphatic rings. The fourth-order valence-corrected chi connectivity index (χ4v) is 6.98. The zero-order valence-corrected chi connectivity index (χ0v) is 29.3. The molecule has 2 saturated carbocycles. The minimum atomic E-state index is -1.68. The Bertz CT molecular complexity index is 1520. The van der Waals surface area contributed by atoms with E-state index in [1.54, 1.807) is 0 Å². The van der Waals surface area contributed by atoms with Gasteiger partial charge in [-0.05, 0) is 110 Å². The Kier molecular flexibility index (Phi) is 13.3. The number of halogens is 1. The molecule has 1 aromatic heterocycles. The van der Waals surface area contributed by atoms with Crippen LogP contribution in [0.3, 0.4) is 0 Å². The summed E-state index contributed by atoms with van der Waals surface area (Å²) in [6, 6.07) is 16.9. The van der Waals surface area contributed by atoms with Crippen LogP contribution in [0.1, 0.15) is 107 Å². The largest absolute Gasteiger partial charge is 0.490 e. The monoisotopic (exact) mass is 693 g/mol. The van der Waals surface area contributed by atoms with Crippen LogP contribution < -0.4 is 4.74 Å². The van der Waals surface area contributed by atoms with Gasteiger partial charge in [-0.3, -0.25) is 9.78 Å². The predicted octanol–water partition coefficient (Wildman–Crippen LogP) is 6.45. The third-order valence-electron chi connectivity index (χ3n) is 10.4. The highest BCUT2D eigenvalue weighted by Gasteiger charge is 2.45. The predicted molar refractivity (Wildman–Crippen MR) is 191 cm³/mol. The standard InChI is InChI=1S/C40H52ClNO7/c1-26(7-3-2-4-8-29(44)12-16-35(45)38(47)39(48)36(46)25-43)27-11-15-34(41)28(23-27)17-19-40(20-21-40)33-24-42-22-18-31(33)32-9-5-6-10-37(32)49-30-13-14-30/h5-6,9-11,15,18,22-24,26,30,35-36,38-39,43,45-48H,2-4,7-8,12-14,16-17,19-21,25H2,1H3/t26?,35-,36+,38+,39+/m0/s1. The summed E-state index contributed by atoms with van der Waals surface area (Å²) >= 11 is 6.75. The van der Waals surface area contributed by atoms with Crippen LogP contribution in [0, 0.1) is 0 Å². The number of carbonyl (C=O) groups excluding carboxylic acids is 1. The van der Waals surface area contributed by atoms with Crippen LogP contribution in [0.2, 0.25) is 5.02 Å². The van der Waals surface area contributed by atoms with Gasteiger partial charge in [0, 0.05) is 35.8 Å². The maximum absolute atomic E-state index is 12.3. The van der Waals surface area contributed by atoms with E-state index in [1.807, 2.05) is 18.3 Å². The summed E-state index contributed by atoms with van der Waals surface area (Å²) in [5.74, 6) is 1.29. The second-order valence-corrected chi connectivity index (χ2v) is 14.6. The molecule has 49 heavy (non-hydrogen) atoms. The molecule has 266 valence electrons. The second kappa shape index (κ2) is 17.4. The molecule has 0 aliphatic heterocycles. The zero-order valence-electron chi connectivity index (χ0n) is 28.5. The van der Waals surface area contributed by atoms with Crippen LogP contribution in [0.5, 0.6) is 5.75 Å². The van der Waals surface area contributed by atoms with Crippen LogP contribution >= 0.6 is 11.6 Å². The van der Waals surface area contributed by atoms with E-state index >= 15 is 0 Å². The van der Waals surface area contributed by atoms with Gasteiger partial charge in [-0.1, -0.05) is 61.7 Å². The van der Waals surface area contributed by atoms with E-state index in [-0.39, 0.29) is 24.0 Å². The van der Waals surface area contributed by atoms with E-state index in [1.165, 1.54) is 22.3 Å². The lowest BCUT2D eigenvalue weighted by molar-refractivity contribution is -0.125. The number of nitrogens with zero attached hydrogens (tertiary/aromatic N) is 1. The van der Waals surface area contributed by atoms with E-state index in [2.05, 4.69) is 54.5 Å². The number of aryl methyl sites for hydroxylation is 1. The Hall–Kier alpha value is -2.85. The molecule has 9 heteroatoms. The van der Waals surface area contributed by atoms with Crippen LogP contribution in [0.15, 0.2) is 60.9 Å². The molecule has 3 aromatic rings. The number of hydrogen-bond acceptors (Lipinski definition) is 8. The third-order valence-corrected chi connectivity index (χ3v) is 10.8. The SMILES string of the molecule is CC(CCCCCC(=O)CC[C@H](O)[C@@H](O)[C@H](O)[C@H](O)CO)c1ccc(Cl)c(CCC2(c3cnccc3-c3ccccc3OC3CC3)CC2)c1. The molecule has 2 fully saturated rings. The van der Waals surface area contributed by atoms with Crippen molar-refractivity contribution in [1.82, 2.24) is 4.98 Å². The van der Waals surface area contributed by atoms with Crippen molar-refractivity contribution in [2.75, 3.05) is 6.61 Å².